The fourth-order valence-electron chi connectivity index (χ4n) is 2.35. The first-order valence-corrected chi connectivity index (χ1v) is 7.69. The molecular formula is C13H17FN2O4S. The lowest BCUT2D eigenvalue weighted by molar-refractivity contribution is -0.122. The van der Waals surface area contributed by atoms with E-state index in [9.17, 15) is 17.6 Å². The van der Waals surface area contributed by atoms with Crippen molar-refractivity contribution in [2.75, 3.05) is 11.4 Å². The molecule has 1 aromatic rings. The minimum absolute atomic E-state index is 0.0978. The first kappa shape index (κ1) is 15.6. The number of carbonyl (C=O) groups is 1. The molecule has 0 unspecified atom stereocenters. The zero-order chi connectivity index (χ0) is 16.2. The topological polar surface area (TPSA) is 75.7 Å². The lowest BCUT2D eigenvalue weighted by Gasteiger charge is -2.30. The maximum absolute atomic E-state index is 14.4. The summed E-state index contributed by atoms with van der Waals surface area (Å²) >= 11 is 0. The maximum Gasteiger partial charge on any atom is 0.327 e. The van der Waals surface area contributed by atoms with Crippen molar-refractivity contribution in [3.8, 4) is 5.75 Å². The van der Waals surface area contributed by atoms with Gasteiger partial charge in [-0.2, -0.15) is 8.42 Å². The average molecular weight is 316 g/mol. The quantitative estimate of drug-likeness (QED) is 0.895. The van der Waals surface area contributed by atoms with E-state index >= 15 is 0 Å². The molecule has 1 heterocycles. The second-order valence-corrected chi connectivity index (χ2v) is 6.96. The molecule has 0 saturated carbocycles. The highest BCUT2D eigenvalue weighted by Gasteiger charge is 2.52. The van der Waals surface area contributed by atoms with Crippen LogP contribution in [0.1, 0.15) is 25.0 Å². The Hall–Kier alpha value is -1.83. The summed E-state index contributed by atoms with van der Waals surface area (Å²) in [7, 11) is -2.84. The van der Waals surface area contributed by atoms with E-state index in [-0.39, 0.29) is 11.4 Å². The van der Waals surface area contributed by atoms with Crippen LogP contribution in [0.25, 0.3) is 0 Å². The Morgan fingerprint density at radius 1 is 1.33 bits per heavy atom. The lowest BCUT2D eigenvalue weighted by atomic mass is 10.0. The zero-order valence-electron chi connectivity index (χ0n) is 12.4. The van der Waals surface area contributed by atoms with Crippen LogP contribution < -0.4 is 13.8 Å². The number of nitrogens with one attached hydrogen (secondary N) is 1. The third-order valence-corrected chi connectivity index (χ3v) is 5.21. The molecular weight excluding hydrogens is 299 g/mol. The molecule has 6 nitrogen and oxygen atoms in total. The minimum Gasteiger partial charge on any atom is -0.494 e. The largest absolute Gasteiger partial charge is 0.494 e. The van der Waals surface area contributed by atoms with Crippen LogP contribution in [0.4, 0.5) is 10.1 Å². The van der Waals surface area contributed by atoms with Gasteiger partial charge in [0.05, 0.1) is 7.11 Å². The Balaban J connectivity index is 2.83. The molecule has 8 heteroatoms. The van der Waals surface area contributed by atoms with E-state index in [1.54, 1.807) is 13.8 Å². The Bertz CT molecular complexity index is 728. The molecule has 1 N–H and O–H groups in total. The summed E-state index contributed by atoms with van der Waals surface area (Å²) in [5.74, 6) is -1.38. The van der Waals surface area contributed by atoms with Crippen molar-refractivity contribution in [2.45, 2.75) is 33.2 Å². The SMILES string of the molecule is COc1c(C)c(C)cc(F)c1N1C(C)(C)C(=O)NS1(=O)=O. The normalized spacial score (nSPS) is 19.5. The van der Waals surface area contributed by atoms with E-state index in [0.717, 1.165) is 4.31 Å². The maximum atomic E-state index is 14.4. The van der Waals surface area contributed by atoms with Crippen LogP contribution >= 0.6 is 0 Å². The molecule has 0 bridgehead atoms. The molecule has 0 aliphatic carbocycles. The second kappa shape index (κ2) is 4.59. The number of rotatable bonds is 2. The highest BCUT2D eigenvalue weighted by Crippen LogP contribution is 2.42. The number of benzene rings is 1. The Kier molecular flexibility index (Phi) is 3.40. The molecule has 2 rings (SSSR count). The summed E-state index contributed by atoms with van der Waals surface area (Å²) in [5, 5.41) is 0. The van der Waals surface area contributed by atoms with Crippen LogP contribution in [-0.4, -0.2) is 27.0 Å². The number of aryl methyl sites for hydroxylation is 1. The van der Waals surface area contributed by atoms with Gasteiger partial charge in [0.1, 0.15) is 17.0 Å². The van der Waals surface area contributed by atoms with E-state index in [4.69, 9.17) is 4.74 Å². The number of ether oxygens (including phenoxy) is 1. The monoisotopic (exact) mass is 316 g/mol. The number of carbonyl (C=O) groups excluding carboxylic acids is 1. The molecule has 1 fully saturated rings. The molecule has 1 saturated heterocycles. The molecule has 1 aliphatic rings. The summed E-state index contributed by atoms with van der Waals surface area (Å²) in [5.41, 5.74) is -0.473. The first-order chi connectivity index (χ1) is 9.54. The first-order valence-electron chi connectivity index (χ1n) is 6.25. The van der Waals surface area contributed by atoms with Gasteiger partial charge in [-0.05, 0) is 44.9 Å². The average Bonchev–Trinajstić information content (AvgIpc) is 2.50. The van der Waals surface area contributed by atoms with Crippen molar-refractivity contribution in [1.82, 2.24) is 4.72 Å². The smallest absolute Gasteiger partial charge is 0.327 e. The van der Waals surface area contributed by atoms with Crippen molar-refractivity contribution < 1.29 is 22.3 Å². The third-order valence-electron chi connectivity index (χ3n) is 3.65. The minimum atomic E-state index is -4.17. The van der Waals surface area contributed by atoms with Crippen LogP contribution in [-0.2, 0) is 15.0 Å². The summed E-state index contributed by atoms with van der Waals surface area (Å²) in [6.45, 7) is 6.20. The van der Waals surface area contributed by atoms with E-state index in [1.165, 1.54) is 27.0 Å². The Labute approximate surface area is 123 Å². The van der Waals surface area contributed by atoms with Gasteiger partial charge >= 0.3 is 10.2 Å². The van der Waals surface area contributed by atoms with Crippen LogP contribution in [0.15, 0.2) is 6.07 Å². The second-order valence-electron chi connectivity index (χ2n) is 5.44. The fourth-order valence-corrected chi connectivity index (χ4v) is 4.02. The Morgan fingerprint density at radius 3 is 2.33 bits per heavy atom. The van der Waals surface area contributed by atoms with Crippen molar-refractivity contribution in [1.29, 1.82) is 0 Å². The van der Waals surface area contributed by atoms with Gasteiger partial charge < -0.3 is 4.74 Å². The summed E-state index contributed by atoms with van der Waals surface area (Å²) in [6, 6.07) is 1.22. The molecule has 1 aliphatic heterocycles. The molecule has 0 atom stereocenters. The highest BCUT2D eigenvalue weighted by atomic mass is 32.2. The number of nitrogens with zero attached hydrogens (tertiary/aromatic N) is 1. The number of hydrogen-bond donors (Lipinski definition) is 1. The number of hydrogen-bond acceptors (Lipinski definition) is 4. The summed E-state index contributed by atoms with van der Waals surface area (Å²) < 4.78 is 46.6. The van der Waals surface area contributed by atoms with Gasteiger partial charge in [0.2, 0.25) is 0 Å². The van der Waals surface area contributed by atoms with E-state index in [1.807, 2.05) is 4.72 Å². The van der Waals surface area contributed by atoms with E-state index < -0.39 is 27.5 Å². The predicted molar refractivity (Wildman–Crippen MR) is 76.0 cm³/mol. The van der Waals surface area contributed by atoms with Crippen molar-refractivity contribution in [3.05, 3.63) is 23.0 Å². The summed E-state index contributed by atoms with van der Waals surface area (Å²) in [6.07, 6.45) is 0. The van der Waals surface area contributed by atoms with Crippen LogP contribution in [0.3, 0.4) is 0 Å². The molecule has 1 aromatic carbocycles. The predicted octanol–water partition coefficient (Wildman–Crippen LogP) is 1.41. The van der Waals surface area contributed by atoms with Crippen molar-refractivity contribution in [2.24, 2.45) is 0 Å². The zero-order valence-corrected chi connectivity index (χ0v) is 13.3. The third kappa shape index (κ3) is 2.14. The van der Waals surface area contributed by atoms with Crippen LogP contribution in [0.2, 0.25) is 0 Å². The van der Waals surface area contributed by atoms with Gasteiger partial charge in [-0.3, -0.25) is 4.79 Å². The fraction of sp³-hybridized carbons (Fsp3) is 0.462. The molecule has 116 valence electrons. The van der Waals surface area contributed by atoms with Gasteiger partial charge in [-0.1, -0.05) is 0 Å². The van der Waals surface area contributed by atoms with Gasteiger partial charge in [0.15, 0.2) is 5.82 Å². The van der Waals surface area contributed by atoms with Crippen LogP contribution in [0.5, 0.6) is 5.75 Å². The standard InChI is InChI=1S/C13H17FN2O4S/c1-7-6-9(14)10(11(20-5)8(7)2)16-13(3,4)12(17)15-21(16,18)19/h6H,1-5H3,(H,15,17). The van der Waals surface area contributed by atoms with Crippen molar-refractivity contribution in [3.63, 3.8) is 0 Å². The van der Waals surface area contributed by atoms with Gasteiger partial charge in [0.25, 0.3) is 5.91 Å². The molecule has 0 spiro atoms. The number of halogens is 1. The molecule has 0 radical (unpaired) electrons. The number of methoxy groups -OCH3 is 1. The molecule has 1 amide bonds. The number of amides is 1. The van der Waals surface area contributed by atoms with Crippen LogP contribution in [0, 0.1) is 19.7 Å². The van der Waals surface area contributed by atoms with E-state index in [0.29, 0.717) is 11.1 Å². The number of anilines is 1. The summed E-state index contributed by atoms with van der Waals surface area (Å²) in [4.78, 5) is 11.9. The van der Waals surface area contributed by atoms with E-state index in [2.05, 4.69) is 0 Å². The molecule has 0 aromatic heterocycles. The van der Waals surface area contributed by atoms with Crippen molar-refractivity contribution >= 4 is 21.8 Å². The molecule has 21 heavy (non-hydrogen) atoms. The van der Waals surface area contributed by atoms with Gasteiger partial charge in [0, 0.05) is 0 Å². The lowest BCUT2D eigenvalue weighted by Crippen LogP contribution is -2.45. The Morgan fingerprint density at radius 2 is 1.90 bits per heavy atom. The van der Waals surface area contributed by atoms with Gasteiger partial charge in [-0.25, -0.2) is 13.4 Å². The van der Waals surface area contributed by atoms with Gasteiger partial charge in [-0.15, -0.1) is 0 Å². The highest BCUT2D eigenvalue weighted by molar-refractivity contribution is 7.92.